The lowest BCUT2D eigenvalue weighted by molar-refractivity contribution is 0.625. The van der Waals surface area contributed by atoms with E-state index in [1.807, 2.05) is 12.1 Å². The molecule has 3 aromatic rings. The Balaban J connectivity index is 2.12. The molecule has 0 unspecified atom stereocenters. The molecule has 0 aliphatic carbocycles. The fourth-order valence-corrected chi connectivity index (χ4v) is 2.80. The van der Waals surface area contributed by atoms with Crippen LogP contribution in [0.25, 0.3) is 22.6 Å². The number of benzene rings is 2. The highest BCUT2D eigenvalue weighted by atomic mass is 15.1. The Kier molecular flexibility index (Phi) is 4.38. The van der Waals surface area contributed by atoms with E-state index in [0.717, 1.165) is 18.1 Å². The average Bonchev–Trinajstić information content (AvgIpc) is 2.91. The van der Waals surface area contributed by atoms with Gasteiger partial charge in [-0.15, -0.1) is 0 Å². The standard InChI is InChI=1S/C20H22N2/c1-3-4-15-22-16(2)19(17-11-7-5-8-12-17)21-20(22)18-13-9-6-10-14-18/h5-14H,3-4,15H2,1-2H3. The predicted octanol–water partition coefficient (Wildman–Crippen LogP) is 5.33. The molecule has 0 N–H and O–H groups in total. The summed E-state index contributed by atoms with van der Waals surface area (Å²) in [4.78, 5) is 4.97. The number of aromatic nitrogens is 2. The van der Waals surface area contributed by atoms with Crippen LogP contribution >= 0.6 is 0 Å². The van der Waals surface area contributed by atoms with Crippen LogP contribution < -0.4 is 0 Å². The van der Waals surface area contributed by atoms with Gasteiger partial charge < -0.3 is 4.57 Å². The highest BCUT2D eigenvalue weighted by Crippen LogP contribution is 2.29. The van der Waals surface area contributed by atoms with E-state index in [0.29, 0.717) is 0 Å². The highest BCUT2D eigenvalue weighted by molar-refractivity contribution is 5.68. The number of unbranched alkanes of at least 4 members (excludes halogenated alkanes) is 1. The summed E-state index contributed by atoms with van der Waals surface area (Å²) in [5.41, 5.74) is 4.71. The summed E-state index contributed by atoms with van der Waals surface area (Å²) in [5.74, 6) is 1.07. The minimum atomic E-state index is 1.02. The van der Waals surface area contributed by atoms with Crippen molar-refractivity contribution in [3.8, 4) is 22.6 Å². The fraction of sp³-hybridized carbons (Fsp3) is 0.250. The molecule has 1 heterocycles. The van der Waals surface area contributed by atoms with Crippen molar-refractivity contribution in [2.75, 3.05) is 0 Å². The topological polar surface area (TPSA) is 17.8 Å². The van der Waals surface area contributed by atoms with Crippen molar-refractivity contribution in [2.45, 2.75) is 33.2 Å². The first-order valence-electron chi connectivity index (χ1n) is 7.99. The summed E-state index contributed by atoms with van der Waals surface area (Å²) in [6.07, 6.45) is 2.36. The normalized spacial score (nSPS) is 10.8. The van der Waals surface area contributed by atoms with Crippen LogP contribution in [0.5, 0.6) is 0 Å². The van der Waals surface area contributed by atoms with Crippen LogP contribution in [0.3, 0.4) is 0 Å². The van der Waals surface area contributed by atoms with Crippen molar-refractivity contribution in [1.82, 2.24) is 9.55 Å². The Hall–Kier alpha value is -2.35. The number of imidazole rings is 1. The molecule has 0 atom stereocenters. The summed E-state index contributed by atoms with van der Waals surface area (Å²) in [6.45, 7) is 5.43. The van der Waals surface area contributed by atoms with Gasteiger partial charge in [-0.05, 0) is 13.3 Å². The molecule has 0 fully saturated rings. The summed E-state index contributed by atoms with van der Waals surface area (Å²) < 4.78 is 2.36. The van der Waals surface area contributed by atoms with Crippen LogP contribution in [0.2, 0.25) is 0 Å². The van der Waals surface area contributed by atoms with Crippen LogP contribution in [0, 0.1) is 6.92 Å². The second-order valence-electron chi connectivity index (χ2n) is 5.61. The summed E-state index contributed by atoms with van der Waals surface area (Å²) in [7, 11) is 0. The molecule has 0 bridgehead atoms. The minimum absolute atomic E-state index is 1.02. The van der Waals surface area contributed by atoms with Gasteiger partial charge in [0.1, 0.15) is 5.82 Å². The Morgan fingerprint density at radius 1 is 0.864 bits per heavy atom. The molecule has 2 heteroatoms. The molecule has 0 amide bonds. The molecule has 22 heavy (non-hydrogen) atoms. The van der Waals surface area contributed by atoms with Crippen LogP contribution in [0.4, 0.5) is 0 Å². The number of hydrogen-bond acceptors (Lipinski definition) is 1. The maximum absolute atomic E-state index is 4.97. The van der Waals surface area contributed by atoms with Crippen LogP contribution in [-0.2, 0) is 6.54 Å². The first-order valence-corrected chi connectivity index (χ1v) is 7.99. The largest absolute Gasteiger partial charge is 0.328 e. The zero-order chi connectivity index (χ0) is 15.4. The molecule has 0 aliphatic heterocycles. The van der Waals surface area contributed by atoms with Crippen LogP contribution in [0.1, 0.15) is 25.5 Å². The second kappa shape index (κ2) is 6.61. The van der Waals surface area contributed by atoms with E-state index >= 15 is 0 Å². The molecule has 0 spiro atoms. The molecule has 0 saturated heterocycles. The van der Waals surface area contributed by atoms with Crippen molar-refractivity contribution in [3.05, 3.63) is 66.4 Å². The Morgan fingerprint density at radius 2 is 1.45 bits per heavy atom. The van der Waals surface area contributed by atoms with Crippen molar-refractivity contribution >= 4 is 0 Å². The molecule has 3 rings (SSSR count). The molecule has 2 nitrogen and oxygen atoms in total. The fourth-order valence-electron chi connectivity index (χ4n) is 2.80. The lowest BCUT2D eigenvalue weighted by Crippen LogP contribution is -2.02. The summed E-state index contributed by atoms with van der Waals surface area (Å²) in [5, 5.41) is 0. The SMILES string of the molecule is CCCCn1c(-c2ccccc2)nc(-c2ccccc2)c1C. The lowest BCUT2D eigenvalue weighted by Gasteiger charge is -2.09. The van der Waals surface area contributed by atoms with E-state index in [1.165, 1.54) is 29.7 Å². The second-order valence-corrected chi connectivity index (χ2v) is 5.61. The van der Waals surface area contributed by atoms with Gasteiger partial charge in [-0.2, -0.15) is 0 Å². The van der Waals surface area contributed by atoms with Crippen molar-refractivity contribution < 1.29 is 0 Å². The van der Waals surface area contributed by atoms with Gasteiger partial charge in [0.25, 0.3) is 0 Å². The van der Waals surface area contributed by atoms with E-state index in [1.54, 1.807) is 0 Å². The number of hydrogen-bond donors (Lipinski definition) is 0. The van der Waals surface area contributed by atoms with E-state index in [9.17, 15) is 0 Å². The molecular formula is C20H22N2. The molecular weight excluding hydrogens is 268 g/mol. The first-order chi connectivity index (χ1) is 10.8. The zero-order valence-electron chi connectivity index (χ0n) is 13.3. The van der Waals surface area contributed by atoms with Gasteiger partial charge in [-0.1, -0.05) is 74.0 Å². The quantitative estimate of drug-likeness (QED) is 0.621. The summed E-state index contributed by atoms with van der Waals surface area (Å²) in [6, 6.07) is 20.9. The van der Waals surface area contributed by atoms with Gasteiger partial charge >= 0.3 is 0 Å². The molecule has 112 valence electrons. The van der Waals surface area contributed by atoms with Crippen molar-refractivity contribution in [2.24, 2.45) is 0 Å². The highest BCUT2D eigenvalue weighted by Gasteiger charge is 2.15. The third kappa shape index (κ3) is 2.82. The molecule has 0 saturated carbocycles. The maximum Gasteiger partial charge on any atom is 0.140 e. The monoisotopic (exact) mass is 290 g/mol. The Morgan fingerprint density at radius 3 is 2.05 bits per heavy atom. The van der Waals surface area contributed by atoms with Gasteiger partial charge in [-0.3, -0.25) is 0 Å². The Labute approximate surface area is 132 Å². The van der Waals surface area contributed by atoms with E-state index in [-0.39, 0.29) is 0 Å². The van der Waals surface area contributed by atoms with E-state index in [4.69, 9.17) is 4.98 Å². The van der Waals surface area contributed by atoms with Gasteiger partial charge in [0, 0.05) is 23.4 Å². The summed E-state index contributed by atoms with van der Waals surface area (Å²) >= 11 is 0. The Bertz CT molecular complexity index is 727. The number of nitrogens with zero attached hydrogens (tertiary/aromatic N) is 2. The number of rotatable bonds is 5. The van der Waals surface area contributed by atoms with E-state index in [2.05, 4.69) is 66.9 Å². The van der Waals surface area contributed by atoms with E-state index < -0.39 is 0 Å². The third-order valence-corrected chi connectivity index (χ3v) is 4.04. The lowest BCUT2D eigenvalue weighted by atomic mass is 10.1. The van der Waals surface area contributed by atoms with Crippen LogP contribution in [0.15, 0.2) is 60.7 Å². The van der Waals surface area contributed by atoms with Gasteiger partial charge in [0.15, 0.2) is 0 Å². The first kappa shape index (κ1) is 14.6. The minimum Gasteiger partial charge on any atom is -0.328 e. The van der Waals surface area contributed by atoms with Gasteiger partial charge in [0.05, 0.1) is 5.69 Å². The van der Waals surface area contributed by atoms with Crippen molar-refractivity contribution in [1.29, 1.82) is 0 Å². The predicted molar refractivity (Wildman–Crippen MR) is 92.7 cm³/mol. The molecule has 0 aliphatic rings. The third-order valence-electron chi connectivity index (χ3n) is 4.04. The average molecular weight is 290 g/mol. The molecule has 1 aromatic heterocycles. The van der Waals surface area contributed by atoms with Gasteiger partial charge in [-0.25, -0.2) is 4.98 Å². The zero-order valence-corrected chi connectivity index (χ0v) is 13.3. The van der Waals surface area contributed by atoms with Crippen molar-refractivity contribution in [3.63, 3.8) is 0 Å². The smallest absolute Gasteiger partial charge is 0.140 e. The molecule has 2 aromatic carbocycles. The molecule has 0 radical (unpaired) electrons. The van der Waals surface area contributed by atoms with Gasteiger partial charge in [0.2, 0.25) is 0 Å². The maximum atomic E-state index is 4.97. The van der Waals surface area contributed by atoms with Crippen LogP contribution in [-0.4, -0.2) is 9.55 Å².